The molecule has 3 rings (SSSR count). The summed E-state index contributed by atoms with van der Waals surface area (Å²) in [5.74, 6) is 1.70. The fourth-order valence-electron chi connectivity index (χ4n) is 2.25. The number of hydrogen-bond acceptors (Lipinski definition) is 6. The van der Waals surface area contributed by atoms with E-state index in [4.69, 9.17) is 33.7 Å². The van der Waals surface area contributed by atoms with Crippen LogP contribution in [0.1, 0.15) is 6.92 Å². The van der Waals surface area contributed by atoms with Crippen LogP contribution in [0.2, 0.25) is 10.0 Å². The van der Waals surface area contributed by atoms with Crippen LogP contribution in [0.25, 0.3) is 0 Å². The van der Waals surface area contributed by atoms with Crippen LogP contribution in [-0.4, -0.2) is 16.6 Å². The van der Waals surface area contributed by atoms with E-state index in [1.807, 2.05) is 31.2 Å². The number of nitrogens with zero attached hydrogens (tertiary/aromatic N) is 2. The van der Waals surface area contributed by atoms with Crippen LogP contribution in [0, 0.1) is 0 Å². The molecule has 0 saturated carbocycles. The van der Waals surface area contributed by atoms with Gasteiger partial charge in [0.05, 0.1) is 17.3 Å². The molecule has 0 aliphatic carbocycles. The summed E-state index contributed by atoms with van der Waals surface area (Å²) < 4.78 is 5.43. The molecule has 0 radical (unpaired) electrons. The van der Waals surface area contributed by atoms with Crippen LogP contribution < -0.4 is 21.1 Å². The number of anilines is 5. The van der Waals surface area contributed by atoms with Crippen molar-refractivity contribution >= 4 is 51.9 Å². The summed E-state index contributed by atoms with van der Waals surface area (Å²) in [7, 11) is 0. The van der Waals surface area contributed by atoms with Gasteiger partial charge in [-0.15, -0.1) is 0 Å². The standard InChI is InChI=1S/C18H17Cl2N5O/c1-2-26-13-6-4-12(5-7-13)24-17-16(21)18(23-10-22-17)25-15-9-11(19)3-8-14(15)20/h3-10H,2,21H2,1H3,(H2,22,23,24,25). The highest BCUT2D eigenvalue weighted by Crippen LogP contribution is 2.32. The third-order valence-electron chi connectivity index (χ3n) is 3.49. The predicted octanol–water partition coefficient (Wildman–Crippen LogP) is 5.25. The maximum absolute atomic E-state index is 6.19. The summed E-state index contributed by atoms with van der Waals surface area (Å²) in [5.41, 5.74) is 7.99. The molecule has 26 heavy (non-hydrogen) atoms. The van der Waals surface area contributed by atoms with Crippen LogP contribution >= 0.6 is 23.2 Å². The Morgan fingerprint density at radius 2 is 1.69 bits per heavy atom. The lowest BCUT2D eigenvalue weighted by molar-refractivity contribution is 0.340. The second-order valence-electron chi connectivity index (χ2n) is 5.32. The molecule has 6 nitrogen and oxygen atoms in total. The molecule has 1 aromatic heterocycles. The molecular formula is C18H17Cl2N5O. The number of benzene rings is 2. The molecule has 0 unspecified atom stereocenters. The summed E-state index contributed by atoms with van der Waals surface area (Å²) >= 11 is 12.2. The molecule has 0 aliphatic rings. The highest BCUT2D eigenvalue weighted by molar-refractivity contribution is 6.35. The first-order valence-electron chi connectivity index (χ1n) is 7.89. The van der Waals surface area contributed by atoms with E-state index in [1.54, 1.807) is 18.2 Å². The fraction of sp³-hybridized carbons (Fsp3) is 0.111. The average molecular weight is 390 g/mol. The van der Waals surface area contributed by atoms with Crippen LogP contribution in [0.5, 0.6) is 5.75 Å². The average Bonchev–Trinajstić information content (AvgIpc) is 2.63. The van der Waals surface area contributed by atoms with Crippen LogP contribution in [0.15, 0.2) is 48.8 Å². The van der Waals surface area contributed by atoms with Gasteiger partial charge in [-0.3, -0.25) is 0 Å². The molecule has 3 aromatic rings. The van der Waals surface area contributed by atoms with E-state index >= 15 is 0 Å². The van der Waals surface area contributed by atoms with Gasteiger partial charge in [-0.1, -0.05) is 23.2 Å². The van der Waals surface area contributed by atoms with Crippen molar-refractivity contribution in [2.75, 3.05) is 23.0 Å². The number of hydrogen-bond donors (Lipinski definition) is 3. The third kappa shape index (κ3) is 4.28. The molecule has 0 fully saturated rings. The number of nitrogens with one attached hydrogen (secondary N) is 2. The van der Waals surface area contributed by atoms with E-state index < -0.39 is 0 Å². The van der Waals surface area contributed by atoms with Gasteiger partial charge < -0.3 is 21.1 Å². The topological polar surface area (TPSA) is 85.1 Å². The van der Waals surface area contributed by atoms with E-state index in [2.05, 4.69) is 20.6 Å². The molecular weight excluding hydrogens is 373 g/mol. The molecule has 0 atom stereocenters. The van der Waals surface area contributed by atoms with E-state index in [-0.39, 0.29) is 0 Å². The lowest BCUT2D eigenvalue weighted by atomic mass is 10.3. The van der Waals surface area contributed by atoms with Crippen LogP contribution in [0.4, 0.5) is 28.7 Å². The third-order valence-corrected chi connectivity index (χ3v) is 4.06. The Morgan fingerprint density at radius 3 is 2.38 bits per heavy atom. The van der Waals surface area contributed by atoms with Crippen molar-refractivity contribution in [2.45, 2.75) is 6.92 Å². The molecule has 134 valence electrons. The largest absolute Gasteiger partial charge is 0.494 e. The maximum Gasteiger partial charge on any atom is 0.159 e. The van der Waals surface area contributed by atoms with Gasteiger partial charge in [0.25, 0.3) is 0 Å². The molecule has 0 amide bonds. The fourth-order valence-corrected chi connectivity index (χ4v) is 2.59. The van der Waals surface area contributed by atoms with Gasteiger partial charge in [0.2, 0.25) is 0 Å². The van der Waals surface area contributed by atoms with Crippen molar-refractivity contribution in [3.8, 4) is 5.75 Å². The molecule has 0 spiro atoms. The lowest BCUT2D eigenvalue weighted by Crippen LogP contribution is -2.05. The Kier molecular flexibility index (Phi) is 5.65. The van der Waals surface area contributed by atoms with E-state index in [1.165, 1.54) is 6.33 Å². The van der Waals surface area contributed by atoms with Crippen molar-refractivity contribution < 1.29 is 4.74 Å². The van der Waals surface area contributed by atoms with Crippen LogP contribution in [-0.2, 0) is 0 Å². The summed E-state index contributed by atoms with van der Waals surface area (Å²) in [6.45, 7) is 2.56. The Balaban J connectivity index is 1.81. The Morgan fingerprint density at radius 1 is 1.00 bits per heavy atom. The Hall–Kier alpha value is -2.70. The number of aromatic nitrogens is 2. The summed E-state index contributed by atoms with van der Waals surface area (Å²) in [6.07, 6.45) is 1.41. The second kappa shape index (κ2) is 8.12. The van der Waals surface area contributed by atoms with Gasteiger partial charge in [-0.05, 0) is 49.4 Å². The van der Waals surface area contributed by atoms with E-state index in [9.17, 15) is 0 Å². The first kappa shape index (κ1) is 18.1. The van der Waals surface area contributed by atoms with Gasteiger partial charge in [-0.25, -0.2) is 9.97 Å². The van der Waals surface area contributed by atoms with Crippen molar-refractivity contribution in [1.29, 1.82) is 0 Å². The highest BCUT2D eigenvalue weighted by atomic mass is 35.5. The molecule has 0 bridgehead atoms. The zero-order valence-corrected chi connectivity index (χ0v) is 15.5. The monoisotopic (exact) mass is 389 g/mol. The van der Waals surface area contributed by atoms with Crippen molar-refractivity contribution in [1.82, 2.24) is 9.97 Å². The van der Waals surface area contributed by atoms with Gasteiger partial charge >= 0.3 is 0 Å². The molecule has 2 aromatic carbocycles. The Bertz CT molecular complexity index is 903. The van der Waals surface area contributed by atoms with Crippen molar-refractivity contribution in [3.05, 3.63) is 58.8 Å². The Labute approximate surface area is 161 Å². The maximum atomic E-state index is 6.19. The van der Waals surface area contributed by atoms with Gasteiger partial charge in [-0.2, -0.15) is 0 Å². The lowest BCUT2D eigenvalue weighted by Gasteiger charge is -2.14. The van der Waals surface area contributed by atoms with Gasteiger partial charge in [0.15, 0.2) is 11.6 Å². The van der Waals surface area contributed by atoms with E-state index in [0.29, 0.717) is 39.7 Å². The number of nitrogen functional groups attached to an aromatic ring is 1. The summed E-state index contributed by atoms with van der Waals surface area (Å²) in [6, 6.07) is 12.6. The SMILES string of the molecule is CCOc1ccc(Nc2ncnc(Nc3cc(Cl)ccc3Cl)c2N)cc1. The molecule has 1 heterocycles. The number of rotatable bonds is 6. The molecule has 4 N–H and O–H groups in total. The number of ether oxygens (including phenoxy) is 1. The van der Waals surface area contributed by atoms with Gasteiger partial charge in [0.1, 0.15) is 17.8 Å². The minimum absolute atomic E-state index is 0.359. The normalized spacial score (nSPS) is 10.4. The van der Waals surface area contributed by atoms with Crippen LogP contribution in [0.3, 0.4) is 0 Å². The molecule has 8 heteroatoms. The van der Waals surface area contributed by atoms with Crippen molar-refractivity contribution in [2.24, 2.45) is 0 Å². The summed E-state index contributed by atoms with van der Waals surface area (Å²) in [5, 5.41) is 7.30. The van der Waals surface area contributed by atoms with E-state index in [0.717, 1.165) is 11.4 Å². The quantitative estimate of drug-likeness (QED) is 0.533. The smallest absolute Gasteiger partial charge is 0.159 e. The predicted molar refractivity (Wildman–Crippen MR) is 107 cm³/mol. The second-order valence-corrected chi connectivity index (χ2v) is 6.16. The highest BCUT2D eigenvalue weighted by Gasteiger charge is 2.11. The number of halogens is 2. The summed E-state index contributed by atoms with van der Waals surface area (Å²) in [4.78, 5) is 8.37. The molecule has 0 saturated heterocycles. The zero-order chi connectivity index (χ0) is 18.5. The van der Waals surface area contributed by atoms with Crippen molar-refractivity contribution in [3.63, 3.8) is 0 Å². The zero-order valence-electron chi connectivity index (χ0n) is 14.0. The minimum Gasteiger partial charge on any atom is -0.494 e. The first-order chi connectivity index (χ1) is 12.6. The van der Waals surface area contributed by atoms with Gasteiger partial charge in [0, 0.05) is 10.7 Å². The first-order valence-corrected chi connectivity index (χ1v) is 8.65. The molecule has 0 aliphatic heterocycles. The minimum atomic E-state index is 0.359. The number of nitrogens with two attached hydrogens (primary N) is 1.